The number of benzene rings is 1. The molecule has 0 saturated heterocycles. The predicted octanol–water partition coefficient (Wildman–Crippen LogP) is 4.41. The third kappa shape index (κ3) is 9.87. The van der Waals surface area contributed by atoms with Crippen LogP contribution in [0.15, 0.2) is 49.1 Å². The van der Waals surface area contributed by atoms with Crippen LogP contribution in [-0.4, -0.2) is 60.6 Å². The SMILES string of the molecule is CCCC(N)(CCC)CCCN(CC(=O)OC)Cc1ccc(CN(Cc2nccn2C)Cc2nccn2C)cc1. The fourth-order valence-electron chi connectivity index (χ4n) is 5.42. The van der Waals surface area contributed by atoms with Gasteiger partial charge in [-0.05, 0) is 43.4 Å². The zero-order valence-corrected chi connectivity index (χ0v) is 25.2. The smallest absolute Gasteiger partial charge is 0.319 e. The van der Waals surface area contributed by atoms with Crippen LogP contribution in [0, 0.1) is 0 Å². The number of hydrogen-bond acceptors (Lipinski definition) is 7. The first kappa shape index (κ1) is 31.5. The van der Waals surface area contributed by atoms with E-state index < -0.39 is 0 Å². The number of esters is 1. The summed E-state index contributed by atoms with van der Waals surface area (Å²) in [5.74, 6) is 1.82. The van der Waals surface area contributed by atoms with Crippen LogP contribution in [0.2, 0.25) is 0 Å². The molecule has 0 spiro atoms. The van der Waals surface area contributed by atoms with Crippen molar-refractivity contribution in [1.29, 1.82) is 0 Å². The average molecular weight is 552 g/mol. The Morgan fingerprint density at radius 1 is 0.850 bits per heavy atom. The van der Waals surface area contributed by atoms with E-state index in [0.717, 1.165) is 76.4 Å². The molecular formula is C31H49N7O2. The summed E-state index contributed by atoms with van der Waals surface area (Å²) in [6.45, 7) is 8.40. The van der Waals surface area contributed by atoms with E-state index >= 15 is 0 Å². The predicted molar refractivity (Wildman–Crippen MR) is 159 cm³/mol. The zero-order valence-electron chi connectivity index (χ0n) is 25.2. The number of hydrogen-bond donors (Lipinski definition) is 1. The Hall–Kier alpha value is -3.01. The third-order valence-corrected chi connectivity index (χ3v) is 7.63. The van der Waals surface area contributed by atoms with Gasteiger partial charge in [0.15, 0.2) is 0 Å². The van der Waals surface area contributed by atoms with Crippen LogP contribution in [0.3, 0.4) is 0 Å². The van der Waals surface area contributed by atoms with E-state index in [9.17, 15) is 4.79 Å². The Bertz CT molecular complexity index is 1110. The number of aromatic nitrogens is 4. The number of nitrogens with zero attached hydrogens (tertiary/aromatic N) is 6. The summed E-state index contributed by atoms with van der Waals surface area (Å²) in [6, 6.07) is 8.70. The van der Waals surface area contributed by atoms with Crippen LogP contribution in [0.25, 0.3) is 0 Å². The molecule has 0 fully saturated rings. The van der Waals surface area contributed by atoms with Crippen LogP contribution < -0.4 is 5.73 Å². The van der Waals surface area contributed by atoms with Gasteiger partial charge < -0.3 is 19.6 Å². The number of imidazole rings is 2. The molecule has 0 radical (unpaired) electrons. The molecule has 0 aliphatic rings. The Kier molecular flexibility index (Phi) is 12.4. The number of methoxy groups -OCH3 is 1. The minimum atomic E-state index is -0.211. The Morgan fingerprint density at radius 3 is 1.77 bits per heavy atom. The summed E-state index contributed by atoms with van der Waals surface area (Å²) in [5.41, 5.74) is 9.00. The maximum absolute atomic E-state index is 12.2. The van der Waals surface area contributed by atoms with Crippen molar-refractivity contribution in [3.05, 3.63) is 71.8 Å². The molecule has 9 heteroatoms. The first-order valence-corrected chi connectivity index (χ1v) is 14.6. The highest BCUT2D eigenvalue weighted by Crippen LogP contribution is 2.23. The van der Waals surface area contributed by atoms with Crippen molar-refractivity contribution in [3.63, 3.8) is 0 Å². The molecule has 0 bridgehead atoms. The van der Waals surface area contributed by atoms with E-state index in [0.29, 0.717) is 6.54 Å². The van der Waals surface area contributed by atoms with Crippen LogP contribution >= 0.6 is 0 Å². The van der Waals surface area contributed by atoms with Gasteiger partial charge in [-0.15, -0.1) is 0 Å². The van der Waals surface area contributed by atoms with Gasteiger partial charge in [0, 0.05) is 57.5 Å². The second kappa shape index (κ2) is 15.7. The normalized spacial score (nSPS) is 12.0. The number of carbonyl (C=O) groups is 1. The molecule has 0 amide bonds. The van der Waals surface area contributed by atoms with Crippen LogP contribution in [0.1, 0.15) is 75.1 Å². The van der Waals surface area contributed by atoms with Gasteiger partial charge in [-0.2, -0.15) is 0 Å². The number of aryl methyl sites for hydroxylation is 2. The summed E-state index contributed by atoms with van der Waals surface area (Å²) in [5, 5.41) is 0. The highest BCUT2D eigenvalue weighted by atomic mass is 16.5. The molecule has 3 rings (SSSR count). The number of rotatable bonds is 18. The number of carbonyl (C=O) groups excluding carboxylic acids is 1. The van der Waals surface area contributed by atoms with Gasteiger partial charge >= 0.3 is 5.97 Å². The summed E-state index contributed by atoms with van der Waals surface area (Å²) >= 11 is 0. The van der Waals surface area contributed by atoms with Crippen molar-refractivity contribution in [2.24, 2.45) is 19.8 Å². The summed E-state index contributed by atoms with van der Waals surface area (Å²) < 4.78 is 9.10. The van der Waals surface area contributed by atoms with E-state index in [2.05, 4.69) is 67.0 Å². The Labute approximate surface area is 240 Å². The van der Waals surface area contributed by atoms with Crippen molar-refractivity contribution >= 4 is 5.97 Å². The van der Waals surface area contributed by atoms with Crippen LogP contribution in [0.5, 0.6) is 0 Å². The van der Waals surface area contributed by atoms with Gasteiger partial charge in [0.2, 0.25) is 0 Å². The second-order valence-corrected chi connectivity index (χ2v) is 11.1. The molecule has 2 aromatic heterocycles. The standard InChI is InChI=1S/C31H49N7O2/c1-6-13-31(32,14-7-2)15-8-18-37(25-30(39)40-5)21-26-9-11-27(12-10-26)22-38(23-28-33-16-19-35(28)3)24-29-34-17-20-36(29)4/h9-12,16-17,19-20H,6-8,13-15,18,21-25,32H2,1-5H3. The quantitative estimate of drug-likeness (QED) is 0.234. The van der Waals surface area contributed by atoms with E-state index in [1.165, 1.54) is 18.2 Å². The van der Waals surface area contributed by atoms with Crippen molar-refractivity contribution in [1.82, 2.24) is 28.9 Å². The molecule has 40 heavy (non-hydrogen) atoms. The van der Waals surface area contributed by atoms with E-state index in [-0.39, 0.29) is 18.1 Å². The van der Waals surface area contributed by atoms with Gasteiger partial charge in [0.05, 0.1) is 26.7 Å². The molecule has 3 aromatic rings. The lowest BCUT2D eigenvalue weighted by Gasteiger charge is -2.30. The van der Waals surface area contributed by atoms with Gasteiger partial charge in [0.25, 0.3) is 0 Å². The van der Waals surface area contributed by atoms with Gasteiger partial charge in [-0.1, -0.05) is 51.0 Å². The first-order chi connectivity index (χ1) is 19.2. The maximum atomic E-state index is 12.2. The summed E-state index contributed by atoms with van der Waals surface area (Å²) in [6.07, 6.45) is 13.8. The number of ether oxygens (including phenoxy) is 1. The fraction of sp³-hybridized carbons (Fsp3) is 0.581. The third-order valence-electron chi connectivity index (χ3n) is 7.63. The molecular weight excluding hydrogens is 502 g/mol. The van der Waals surface area contributed by atoms with E-state index in [4.69, 9.17) is 10.5 Å². The van der Waals surface area contributed by atoms with Crippen molar-refractivity contribution in [3.8, 4) is 0 Å². The lowest BCUT2D eigenvalue weighted by molar-refractivity contribution is -0.142. The zero-order chi connectivity index (χ0) is 29.0. The van der Waals surface area contributed by atoms with Crippen molar-refractivity contribution in [2.75, 3.05) is 20.2 Å². The molecule has 2 N–H and O–H groups in total. The van der Waals surface area contributed by atoms with E-state index in [1.54, 1.807) is 0 Å². The van der Waals surface area contributed by atoms with Crippen LogP contribution in [-0.2, 0) is 49.8 Å². The molecule has 1 aromatic carbocycles. The molecule has 0 saturated carbocycles. The molecule has 0 unspecified atom stereocenters. The van der Waals surface area contributed by atoms with Gasteiger partial charge in [-0.25, -0.2) is 9.97 Å². The second-order valence-electron chi connectivity index (χ2n) is 11.1. The molecule has 9 nitrogen and oxygen atoms in total. The lowest BCUT2D eigenvalue weighted by atomic mass is 9.85. The minimum Gasteiger partial charge on any atom is -0.468 e. The van der Waals surface area contributed by atoms with Gasteiger partial charge in [0.1, 0.15) is 11.6 Å². The largest absolute Gasteiger partial charge is 0.468 e. The average Bonchev–Trinajstić information content (AvgIpc) is 3.52. The highest BCUT2D eigenvalue weighted by molar-refractivity contribution is 5.71. The minimum absolute atomic E-state index is 0.113. The summed E-state index contributed by atoms with van der Waals surface area (Å²) in [4.78, 5) is 25.7. The Balaban J connectivity index is 1.65. The maximum Gasteiger partial charge on any atom is 0.319 e. The highest BCUT2D eigenvalue weighted by Gasteiger charge is 2.23. The van der Waals surface area contributed by atoms with Crippen molar-refractivity contribution < 1.29 is 9.53 Å². The van der Waals surface area contributed by atoms with Gasteiger partial charge in [-0.3, -0.25) is 14.6 Å². The molecule has 220 valence electrons. The molecule has 0 aliphatic carbocycles. The fourth-order valence-corrected chi connectivity index (χ4v) is 5.42. The molecule has 0 atom stereocenters. The van der Waals surface area contributed by atoms with Crippen molar-refractivity contribution in [2.45, 2.75) is 84.1 Å². The first-order valence-electron chi connectivity index (χ1n) is 14.6. The molecule has 0 aliphatic heterocycles. The lowest BCUT2D eigenvalue weighted by Crippen LogP contribution is -2.40. The Morgan fingerprint density at radius 2 is 1.35 bits per heavy atom. The topological polar surface area (TPSA) is 94.4 Å². The summed E-state index contributed by atoms with van der Waals surface area (Å²) in [7, 11) is 5.50. The number of nitrogens with two attached hydrogens (primary N) is 1. The molecule has 2 heterocycles. The monoisotopic (exact) mass is 551 g/mol. The van der Waals surface area contributed by atoms with E-state index in [1.807, 2.05) is 38.9 Å². The van der Waals surface area contributed by atoms with Crippen LogP contribution in [0.4, 0.5) is 0 Å².